The van der Waals surface area contributed by atoms with E-state index in [0.29, 0.717) is 0 Å². The highest BCUT2D eigenvalue weighted by atomic mass is 16.5. The molecule has 1 fully saturated rings. The van der Waals surface area contributed by atoms with Crippen LogP contribution in [0, 0.1) is 6.92 Å². The van der Waals surface area contributed by atoms with E-state index in [9.17, 15) is 0 Å². The van der Waals surface area contributed by atoms with Gasteiger partial charge in [0.15, 0.2) is 0 Å². The molecule has 1 aromatic carbocycles. The molecule has 6 heteroatoms. The molecule has 1 saturated heterocycles. The van der Waals surface area contributed by atoms with Gasteiger partial charge < -0.3 is 19.7 Å². The molecule has 0 aliphatic carbocycles. The molecule has 2 aromatic rings. The predicted molar refractivity (Wildman–Crippen MR) is 100 cm³/mol. The van der Waals surface area contributed by atoms with E-state index in [2.05, 4.69) is 15.2 Å². The van der Waals surface area contributed by atoms with Crippen LogP contribution in [0.2, 0.25) is 0 Å². The number of aromatic nitrogens is 2. The second-order valence-electron chi connectivity index (χ2n) is 6.29. The van der Waals surface area contributed by atoms with Gasteiger partial charge in [0.25, 0.3) is 0 Å². The Labute approximate surface area is 149 Å². The minimum absolute atomic E-state index is 0.744. The highest BCUT2D eigenvalue weighted by Crippen LogP contribution is 2.31. The highest BCUT2D eigenvalue weighted by Gasteiger charge is 2.14. The molecule has 2 heterocycles. The molecule has 0 amide bonds. The number of rotatable bonds is 5. The molecule has 25 heavy (non-hydrogen) atoms. The van der Waals surface area contributed by atoms with E-state index in [1.807, 2.05) is 31.2 Å². The Hall–Kier alpha value is -2.50. The van der Waals surface area contributed by atoms with Crippen molar-refractivity contribution in [1.29, 1.82) is 0 Å². The molecule has 6 nitrogen and oxygen atoms in total. The van der Waals surface area contributed by atoms with Crippen LogP contribution < -0.4 is 19.7 Å². The Bertz CT molecular complexity index is 713. The van der Waals surface area contributed by atoms with Gasteiger partial charge in [-0.25, -0.2) is 4.98 Å². The SMILES string of the molecule is COc1ccc(OC)c(Nc2cc(C)nc(N3CCCCCC3)n2)c1. The van der Waals surface area contributed by atoms with Crippen LogP contribution in [0.3, 0.4) is 0 Å². The van der Waals surface area contributed by atoms with Crippen LogP contribution in [-0.2, 0) is 0 Å². The van der Waals surface area contributed by atoms with Gasteiger partial charge in [0.1, 0.15) is 17.3 Å². The molecule has 1 N–H and O–H groups in total. The van der Waals surface area contributed by atoms with E-state index in [1.54, 1.807) is 14.2 Å². The zero-order chi connectivity index (χ0) is 17.6. The summed E-state index contributed by atoms with van der Waals surface area (Å²) in [5.41, 5.74) is 1.76. The van der Waals surface area contributed by atoms with E-state index in [1.165, 1.54) is 25.7 Å². The Morgan fingerprint density at radius 1 is 0.960 bits per heavy atom. The first kappa shape index (κ1) is 17.3. The molecule has 0 radical (unpaired) electrons. The first-order valence-electron chi connectivity index (χ1n) is 8.79. The number of methoxy groups -OCH3 is 2. The number of aryl methyl sites for hydroxylation is 1. The maximum absolute atomic E-state index is 5.44. The van der Waals surface area contributed by atoms with Crippen molar-refractivity contribution in [2.24, 2.45) is 0 Å². The third kappa shape index (κ3) is 4.32. The third-order valence-electron chi connectivity index (χ3n) is 4.40. The molecule has 3 rings (SSSR count). The fourth-order valence-electron chi connectivity index (χ4n) is 3.08. The molecule has 1 aliphatic rings. The minimum Gasteiger partial charge on any atom is -0.497 e. The molecule has 0 unspecified atom stereocenters. The van der Waals surface area contributed by atoms with Crippen molar-refractivity contribution >= 4 is 17.5 Å². The topological polar surface area (TPSA) is 59.5 Å². The van der Waals surface area contributed by atoms with Gasteiger partial charge in [0, 0.05) is 30.9 Å². The molecule has 0 bridgehead atoms. The van der Waals surface area contributed by atoms with Crippen LogP contribution in [0.5, 0.6) is 11.5 Å². The monoisotopic (exact) mass is 342 g/mol. The van der Waals surface area contributed by atoms with Crippen molar-refractivity contribution in [2.45, 2.75) is 32.6 Å². The molecule has 1 aromatic heterocycles. The van der Waals surface area contributed by atoms with Crippen molar-refractivity contribution in [1.82, 2.24) is 9.97 Å². The predicted octanol–water partition coefficient (Wildman–Crippen LogP) is 3.93. The van der Waals surface area contributed by atoms with Gasteiger partial charge in [0.05, 0.1) is 19.9 Å². The fraction of sp³-hybridized carbons (Fsp3) is 0.474. The number of nitrogens with zero attached hydrogens (tertiary/aromatic N) is 3. The highest BCUT2D eigenvalue weighted by molar-refractivity contribution is 5.67. The second kappa shape index (κ2) is 8.05. The zero-order valence-electron chi connectivity index (χ0n) is 15.2. The van der Waals surface area contributed by atoms with Crippen LogP contribution >= 0.6 is 0 Å². The van der Waals surface area contributed by atoms with Gasteiger partial charge in [0.2, 0.25) is 5.95 Å². The quantitative estimate of drug-likeness (QED) is 0.888. The fourth-order valence-corrected chi connectivity index (χ4v) is 3.08. The van der Waals surface area contributed by atoms with Crippen molar-refractivity contribution in [2.75, 3.05) is 37.5 Å². The van der Waals surface area contributed by atoms with Gasteiger partial charge in [-0.2, -0.15) is 4.98 Å². The van der Waals surface area contributed by atoms with Gasteiger partial charge in [-0.1, -0.05) is 12.8 Å². The van der Waals surface area contributed by atoms with Gasteiger partial charge in [-0.05, 0) is 31.9 Å². The van der Waals surface area contributed by atoms with Gasteiger partial charge >= 0.3 is 0 Å². The number of benzene rings is 1. The van der Waals surface area contributed by atoms with Crippen molar-refractivity contribution in [3.8, 4) is 11.5 Å². The molecule has 0 atom stereocenters. The van der Waals surface area contributed by atoms with Crippen LogP contribution in [0.15, 0.2) is 24.3 Å². The summed E-state index contributed by atoms with van der Waals surface area (Å²) >= 11 is 0. The minimum atomic E-state index is 0.744. The lowest BCUT2D eigenvalue weighted by Gasteiger charge is -2.21. The molecular weight excluding hydrogens is 316 g/mol. The lowest BCUT2D eigenvalue weighted by molar-refractivity contribution is 0.405. The van der Waals surface area contributed by atoms with Crippen LogP contribution in [-0.4, -0.2) is 37.3 Å². The van der Waals surface area contributed by atoms with Crippen LogP contribution in [0.25, 0.3) is 0 Å². The smallest absolute Gasteiger partial charge is 0.227 e. The Kier molecular flexibility index (Phi) is 5.58. The van der Waals surface area contributed by atoms with Crippen molar-refractivity contribution < 1.29 is 9.47 Å². The average Bonchev–Trinajstić information content (AvgIpc) is 2.90. The van der Waals surface area contributed by atoms with Crippen LogP contribution in [0.4, 0.5) is 17.5 Å². The summed E-state index contributed by atoms with van der Waals surface area (Å²) in [6.45, 7) is 4.04. The van der Waals surface area contributed by atoms with E-state index < -0.39 is 0 Å². The number of hydrogen-bond acceptors (Lipinski definition) is 6. The van der Waals surface area contributed by atoms with Gasteiger partial charge in [-0.3, -0.25) is 0 Å². The molecular formula is C19H26N4O2. The normalized spacial score (nSPS) is 14.8. The summed E-state index contributed by atoms with van der Waals surface area (Å²) < 4.78 is 10.8. The molecule has 1 aliphatic heterocycles. The molecule has 0 spiro atoms. The number of hydrogen-bond donors (Lipinski definition) is 1. The third-order valence-corrected chi connectivity index (χ3v) is 4.40. The molecule has 134 valence electrons. The van der Waals surface area contributed by atoms with E-state index in [0.717, 1.165) is 47.7 Å². The summed E-state index contributed by atoms with van der Waals surface area (Å²) in [6.07, 6.45) is 4.97. The number of nitrogens with one attached hydrogen (secondary N) is 1. The Morgan fingerprint density at radius 3 is 2.40 bits per heavy atom. The van der Waals surface area contributed by atoms with Crippen molar-refractivity contribution in [3.05, 3.63) is 30.0 Å². The summed E-state index contributed by atoms with van der Waals surface area (Å²) in [6, 6.07) is 7.60. The molecule has 0 saturated carbocycles. The number of ether oxygens (including phenoxy) is 2. The summed E-state index contributed by atoms with van der Waals surface area (Å²) in [4.78, 5) is 11.7. The van der Waals surface area contributed by atoms with Crippen LogP contribution in [0.1, 0.15) is 31.4 Å². The van der Waals surface area contributed by atoms with E-state index >= 15 is 0 Å². The standard InChI is InChI=1S/C19H26N4O2/c1-14-12-18(21-16-13-15(24-2)8-9-17(16)25-3)22-19(20-14)23-10-6-4-5-7-11-23/h8-9,12-13H,4-7,10-11H2,1-3H3,(H,20,21,22). The van der Waals surface area contributed by atoms with Crippen molar-refractivity contribution in [3.63, 3.8) is 0 Å². The summed E-state index contributed by atoms with van der Waals surface area (Å²) in [7, 11) is 3.30. The van der Waals surface area contributed by atoms with Gasteiger partial charge in [-0.15, -0.1) is 0 Å². The maximum Gasteiger partial charge on any atom is 0.227 e. The lowest BCUT2D eigenvalue weighted by Crippen LogP contribution is -2.26. The first-order valence-corrected chi connectivity index (χ1v) is 8.79. The summed E-state index contributed by atoms with van der Waals surface area (Å²) in [5.74, 6) is 3.07. The lowest BCUT2D eigenvalue weighted by atomic mass is 10.2. The summed E-state index contributed by atoms with van der Waals surface area (Å²) in [5, 5.41) is 3.35. The first-order chi connectivity index (χ1) is 12.2. The second-order valence-corrected chi connectivity index (χ2v) is 6.29. The van der Waals surface area contributed by atoms with E-state index in [-0.39, 0.29) is 0 Å². The Morgan fingerprint density at radius 2 is 1.72 bits per heavy atom. The average molecular weight is 342 g/mol. The Balaban J connectivity index is 1.87. The maximum atomic E-state index is 5.44. The van der Waals surface area contributed by atoms with E-state index in [4.69, 9.17) is 14.5 Å². The zero-order valence-corrected chi connectivity index (χ0v) is 15.2. The number of anilines is 3. The largest absolute Gasteiger partial charge is 0.497 e.